The van der Waals surface area contributed by atoms with Crippen LogP contribution in [0.2, 0.25) is 5.02 Å². The number of halogens is 2. The van der Waals surface area contributed by atoms with Crippen LogP contribution in [-0.4, -0.2) is 24.6 Å². The molecule has 0 radical (unpaired) electrons. The quantitative estimate of drug-likeness (QED) is 0.438. The molecule has 30 heavy (non-hydrogen) atoms. The summed E-state index contributed by atoms with van der Waals surface area (Å²) >= 11 is 5.97. The van der Waals surface area contributed by atoms with Crippen molar-refractivity contribution in [2.24, 2.45) is 5.10 Å². The number of rotatable bonds is 7. The molecule has 3 aromatic carbocycles. The molecule has 0 heterocycles. The Kier molecular flexibility index (Phi) is 7.13. The Morgan fingerprint density at radius 1 is 1.00 bits per heavy atom. The minimum Gasteiger partial charge on any atom is -0.484 e. The molecular weight excluding hydrogens is 409 g/mol. The number of benzene rings is 3. The van der Waals surface area contributed by atoms with Crippen LogP contribution in [0.1, 0.15) is 15.9 Å². The molecule has 0 bridgehead atoms. The number of nitrogens with one attached hydrogen (secondary N) is 2. The van der Waals surface area contributed by atoms with Crippen molar-refractivity contribution in [2.75, 3.05) is 11.9 Å². The molecule has 3 aromatic rings. The number of carbonyl (C=O) groups is 2. The van der Waals surface area contributed by atoms with Gasteiger partial charge in [0.05, 0.1) is 16.8 Å². The van der Waals surface area contributed by atoms with Gasteiger partial charge in [-0.15, -0.1) is 0 Å². The summed E-state index contributed by atoms with van der Waals surface area (Å²) in [5, 5.41) is 6.85. The SMILES string of the molecule is O=C(COc1ccc(C=NNC(=O)c2ccccc2Cl)cc1)Nc1ccc(F)cc1. The van der Waals surface area contributed by atoms with Crippen LogP contribution >= 0.6 is 11.6 Å². The van der Waals surface area contributed by atoms with E-state index >= 15 is 0 Å². The third-order valence-electron chi connectivity index (χ3n) is 3.88. The van der Waals surface area contributed by atoms with E-state index in [1.54, 1.807) is 48.5 Å². The highest BCUT2D eigenvalue weighted by Crippen LogP contribution is 2.15. The van der Waals surface area contributed by atoms with Gasteiger partial charge in [0.1, 0.15) is 11.6 Å². The molecule has 8 heteroatoms. The van der Waals surface area contributed by atoms with Crippen molar-refractivity contribution in [1.82, 2.24) is 5.43 Å². The van der Waals surface area contributed by atoms with Crippen LogP contribution in [0.4, 0.5) is 10.1 Å². The Morgan fingerprint density at radius 2 is 1.70 bits per heavy atom. The van der Waals surface area contributed by atoms with Gasteiger partial charge in [-0.1, -0.05) is 23.7 Å². The van der Waals surface area contributed by atoms with Crippen LogP contribution in [0.3, 0.4) is 0 Å². The van der Waals surface area contributed by atoms with Gasteiger partial charge in [-0.05, 0) is 66.2 Å². The summed E-state index contributed by atoms with van der Waals surface area (Å²) in [5.41, 5.74) is 3.94. The molecule has 0 saturated heterocycles. The molecule has 0 saturated carbocycles. The first-order chi connectivity index (χ1) is 14.5. The number of hydrogen-bond acceptors (Lipinski definition) is 4. The largest absolute Gasteiger partial charge is 0.484 e. The summed E-state index contributed by atoms with van der Waals surface area (Å²) in [6.07, 6.45) is 1.47. The number of nitrogens with zero attached hydrogens (tertiary/aromatic N) is 1. The maximum atomic E-state index is 12.9. The molecular formula is C22H17ClFN3O3. The average molecular weight is 426 g/mol. The molecule has 152 valence electrons. The van der Waals surface area contributed by atoms with Gasteiger partial charge in [-0.3, -0.25) is 9.59 Å². The van der Waals surface area contributed by atoms with Crippen LogP contribution in [0.15, 0.2) is 77.9 Å². The van der Waals surface area contributed by atoms with E-state index in [4.69, 9.17) is 16.3 Å². The van der Waals surface area contributed by atoms with Crippen molar-refractivity contribution >= 4 is 35.3 Å². The fourth-order valence-electron chi connectivity index (χ4n) is 2.40. The smallest absolute Gasteiger partial charge is 0.272 e. The van der Waals surface area contributed by atoms with Gasteiger partial charge in [0, 0.05) is 5.69 Å². The lowest BCUT2D eigenvalue weighted by Crippen LogP contribution is -2.20. The number of carbonyl (C=O) groups excluding carboxylic acids is 2. The Hall–Kier alpha value is -3.71. The van der Waals surface area contributed by atoms with E-state index in [0.29, 0.717) is 22.0 Å². The summed E-state index contributed by atoms with van der Waals surface area (Å²) in [7, 11) is 0. The lowest BCUT2D eigenvalue weighted by atomic mass is 10.2. The van der Waals surface area contributed by atoms with Crippen LogP contribution in [0.5, 0.6) is 5.75 Å². The maximum absolute atomic E-state index is 12.9. The van der Waals surface area contributed by atoms with Gasteiger partial charge in [-0.25, -0.2) is 9.82 Å². The van der Waals surface area contributed by atoms with Gasteiger partial charge < -0.3 is 10.1 Å². The number of hydrazone groups is 1. The van der Waals surface area contributed by atoms with Gasteiger partial charge in [0.25, 0.3) is 11.8 Å². The van der Waals surface area contributed by atoms with Crippen molar-refractivity contribution in [3.8, 4) is 5.75 Å². The second-order valence-electron chi connectivity index (χ2n) is 6.09. The third-order valence-corrected chi connectivity index (χ3v) is 4.21. The predicted molar refractivity (Wildman–Crippen MR) is 113 cm³/mol. The van der Waals surface area contributed by atoms with E-state index in [0.717, 1.165) is 5.56 Å². The first-order valence-corrected chi connectivity index (χ1v) is 9.25. The van der Waals surface area contributed by atoms with E-state index in [2.05, 4.69) is 15.8 Å². The molecule has 0 aliphatic rings. The molecule has 3 rings (SSSR count). The lowest BCUT2D eigenvalue weighted by Gasteiger charge is -2.07. The van der Waals surface area contributed by atoms with Gasteiger partial charge in [-0.2, -0.15) is 5.10 Å². The zero-order valence-corrected chi connectivity index (χ0v) is 16.4. The number of amides is 2. The first-order valence-electron chi connectivity index (χ1n) is 8.87. The Labute approximate surface area is 177 Å². The van der Waals surface area contributed by atoms with Gasteiger partial charge >= 0.3 is 0 Å². The molecule has 0 unspecified atom stereocenters. The molecule has 2 N–H and O–H groups in total. The van der Waals surface area contributed by atoms with Crippen LogP contribution < -0.4 is 15.5 Å². The van der Waals surface area contributed by atoms with Crippen LogP contribution in [0, 0.1) is 5.82 Å². The first kappa shape index (κ1) is 21.0. The monoisotopic (exact) mass is 425 g/mol. The number of hydrogen-bond donors (Lipinski definition) is 2. The summed E-state index contributed by atoms with van der Waals surface area (Å²) < 4.78 is 18.3. The minimum absolute atomic E-state index is 0.196. The van der Waals surface area contributed by atoms with E-state index in [1.807, 2.05) is 0 Å². The molecule has 6 nitrogen and oxygen atoms in total. The van der Waals surface area contributed by atoms with E-state index in [1.165, 1.54) is 30.5 Å². The molecule has 0 fully saturated rings. The zero-order valence-electron chi connectivity index (χ0n) is 15.6. The summed E-state index contributed by atoms with van der Waals surface area (Å²) in [4.78, 5) is 23.9. The highest BCUT2D eigenvalue weighted by molar-refractivity contribution is 6.33. The highest BCUT2D eigenvalue weighted by atomic mass is 35.5. The lowest BCUT2D eigenvalue weighted by molar-refractivity contribution is -0.118. The fraction of sp³-hybridized carbons (Fsp3) is 0.0455. The van der Waals surface area contributed by atoms with Crippen molar-refractivity contribution in [3.63, 3.8) is 0 Å². The van der Waals surface area contributed by atoms with E-state index in [-0.39, 0.29) is 18.3 Å². The topological polar surface area (TPSA) is 79.8 Å². The van der Waals surface area contributed by atoms with Crippen LogP contribution in [-0.2, 0) is 4.79 Å². The minimum atomic E-state index is -0.413. The Balaban J connectivity index is 1.47. The number of anilines is 1. The summed E-state index contributed by atoms with van der Waals surface area (Å²) in [6.45, 7) is -0.196. The maximum Gasteiger partial charge on any atom is 0.272 e. The number of ether oxygens (including phenoxy) is 1. The van der Waals surface area contributed by atoms with Crippen molar-refractivity contribution in [3.05, 3.63) is 94.8 Å². The molecule has 0 spiro atoms. The van der Waals surface area contributed by atoms with Gasteiger partial charge in [0.15, 0.2) is 6.61 Å². The zero-order chi connectivity index (χ0) is 21.3. The molecule has 0 atom stereocenters. The second kappa shape index (κ2) is 10.2. The second-order valence-corrected chi connectivity index (χ2v) is 6.50. The fourth-order valence-corrected chi connectivity index (χ4v) is 2.62. The molecule has 0 aliphatic heterocycles. The standard InChI is InChI=1S/C22H17ClFN3O3/c23-20-4-2-1-3-19(20)22(29)27-25-13-15-5-11-18(12-6-15)30-14-21(28)26-17-9-7-16(24)8-10-17/h1-13H,14H2,(H,26,28)(H,27,29). The molecule has 0 aromatic heterocycles. The Bertz CT molecular complexity index is 1050. The summed E-state index contributed by atoms with van der Waals surface area (Å²) in [6, 6.07) is 18.9. The van der Waals surface area contributed by atoms with E-state index < -0.39 is 5.91 Å². The van der Waals surface area contributed by atoms with Crippen molar-refractivity contribution in [1.29, 1.82) is 0 Å². The predicted octanol–water partition coefficient (Wildman–Crippen LogP) is 4.26. The Morgan fingerprint density at radius 3 is 2.40 bits per heavy atom. The third kappa shape index (κ3) is 6.15. The molecule has 0 aliphatic carbocycles. The molecule has 2 amide bonds. The summed E-state index contributed by atoms with van der Waals surface area (Å²) in [5.74, 6) is -0.670. The van der Waals surface area contributed by atoms with E-state index in [9.17, 15) is 14.0 Å². The van der Waals surface area contributed by atoms with Crippen LogP contribution in [0.25, 0.3) is 0 Å². The van der Waals surface area contributed by atoms with Crippen molar-refractivity contribution in [2.45, 2.75) is 0 Å². The average Bonchev–Trinajstić information content (AvgIpc) is 2.75. The highest BCUT2D eigenvalue weighted by Gasteiger charge is 2.08. The van der Waals surface area contributed by atoms with Gasteiger partial charge in [0.2, 0.25) is 0 Å². The normalized spacial score (nSPS) is 10.6. The van der Waals surface area contributed by atoms with Crippen molar-refractivity contribution < 1.29 is 18.7 Å².